The molecule has 112 valence electrons. The summed E-state index contributed by atoms with van der Waals surface area (Å²) in [5.41, 5.74) is 5.56. The number of hydrogen-bond donors (Lipinski definition) is 1. The number of nitrogens with zero attached hydrogens (tertiary/aromatic N) is 2. The van der Waals surface area contributed by atoms with Gasteiger partial charge in [0.15, 0.2) is 0 Å². The maximum atomic E-state index is 12.7. The van der Waals surface area contributed by atoms with Crippen molar-refractivity contribution in [3.63, 3.8) is 0 Å². The van der Waals surface area contributed by atoms with Gasteiger partial charge in [0.25, 0.3) is 0 Å². The van der Waals surface area contributed by atoms with Crippen molar-refractivity contribution in [1.29, 1.82) is 0 Å². The minimum atomic E-state index is -4.45. The van der Waals surface area contributed by atoms with Crippen LogP contribution in [0.25, 0.3) is 0 Å². The van der Waals surface area contributed by atoms with Crippen LogP contribution < -0.4 is 10.6 Å². The van der Waals surface area contributed by atoms with Crippen LogP contribution >= 0.6 is 0 Å². The third-order valence-electron chi connectivity index (χ3n) is 3.46. The Kier molecular flexibility index (Phi) is 4.37. The molecule has 0 spiro atoms. The van der Waals surface area contributed by atoms with Crippen LogP contribution in [-0.2, 0) is 10.9 Å². The fraction of sp³-hybridized carbons (Fsp3) is 0.615. The first kappa shape index (κ1) is 14.9. The second kappa shape index (κ2) is 5.87. The number of methoxy groups -OCH3 is 1. The van der Waals surface area contributed by atoms with E-state index < -0.39 is 11.9 Å². The third kappa shape index (κ3) is 3.33. The molecule has 1 aliphatic rings. The van der Waals surface area contributed by atoms with E-state index in [0.717, 1.165) is 25.1 Å². The minimum absolute atomic E-state index is 0.274. The number of ether oxygens (including phenoxy) is 1. The van der Waals surface area contributed by atoms with Crippen LogP contribution in [0, 0.1) is 5.92 Å². The average Bonchev–Trinajstić information content (AvgIpc) is 2.38. The first-order valence-electron chi connectivity index (χ1n) is 6.48. The molecule has 0 aliphatic carbocycles. The molecule has 4 nitrogen and oxygen atoms in total. The number of halogens is 3. The van der Waals surface area contributed by atoms with Gasteiger partial charge < -0.3 is 15.4 Å². The van der Waals surface area contributed by atoms with Gasteiger partial charge in [-0.1, -0.05) is 0 Å². The highest BCUT2D eigenvalue weighted by atomic mass is 19.4. The summed E-state index contributed by atoms with van der Waals surface area (Å²) in [5.74, 6) is 0.315. The number of nitrogens with two attached hydrogens (primary N) is 1. The number of rotatable bonds is 3. The van der Waals surface area contributed by atoms with Crippen LogP contribution in [-0.4, -0.2) is 31.8 Å². The van der Waals surface area contributed by atoms with E-state index in [0.29, 0.717) is 31.3 Å². The summed E-state index contributed by atoms with van der Waals surface area (Å²) in [4.78, 5) is 5.25. The first-order valence-corrected chi connectivity index (χ1v) is 6.48. The van der Waals surface area contributed by atoms with Gasteiger partial charge in [0.1, 0.15) is 5.69 Å². The van der Waals surface area contributed by atoms with Crippen molar-refractivity contribution >= 4 is 11.4 Å². The lowest BCUT2D eigenvalue weighted by Gasteiger charge is -2.34. The number of aromatic nitrogens is 1. The number of piperidine rings is 1. The highest BCUT2D eigenvalue weighted by Crippen LogP contribution is 2.34. The molecule has 7 heteroatoms. The predicted molar refractivity (Wildman–Crippen MR) is 70.5 cm³/mol. The Balaban J connectivity index is 2.22. The van der Waals surface area contributed by atoms with Crippen molar-refractivity contribution in [3.8, 4) is 0 Å². The van der Waals surface area contributed by atoms with E-state index in [2.05, 4.69) is 4.98 Å². The Labute approximate surface area is 115 Å². The molecule has 1 fully saturated rings. The second-order valence-corrected chi connectivity index (χ2v) is 5.04. The summed E-state index contributed by atoms with van der Waals surface area (Å²) >= 11 is 0. The van der Waals surface area contributed by atoms with Gasteiger partial charge >= 0.3 is 6.18 Å². The van der Waals surface area contributed by atoms with Crippen LogP contribution in [0.2, 0.25) is 0 Å². The van der Waals surface area contributed by atoms with E-state index in [1.807, 2.05) is 4.90 Å². The van der Waals surface area contributed by atoms with Crippen molar-refractivity contribution in [2.45, 2.75) is 19.0 Å². The molecular formula is C13H18F3N3O. The van der Waals surface area contributed by atoms with Gasteiger partial charge in [0.05, 0.1) is 24.2 Å². The van der Waals surface area contributed by atoms with E-state index in [4.69, 9.17) is 10.5 Å². The smallest absolute Gasteiger partial charge is 0.396 e. The molecule has 0 bridgehead atoms. The fourth-order valence-electron chi connectivity index (χ4n) is 2.54. The summed E-state index contributed by atoms with van der Waals surface area (Å²) in [6, 6.07) is 1.03. The molecule has 0 aromatic carbocycles. The quantitative estimate of drug-likeness (QED) is 0.929. The summed E-state index contributed by atoms with van der Waals surface area (Å²) < 4.78 is 43.3. The van der Waals surface area contributed by atoms with E-state index in [-0.39, 0.29) is 5.69 Å². The predicted octanol–water partition coefficient (Wildman–Crippen LogP) is 2.55. The lowest BCUT2D eigenvalue weighted by atomic mass is 9.98. The Bertz CT molecular complexity index is 463. The molecule has 1 saturated heterocycles. The number of hydrogen-bond acceptors (Lipinski definition) is 4. The number of nitrogen functional groups attached to an aromatic ring is 1. The normalized spacial score (nSPS) is 20.2. The molecule has 1 aliphatic heterocycles. The zero-order chi connectivity index (χ0) is 14.8. The molecule has 0 saturated carbocycles. The summed E-state index contributed by atoms with van der Waals surface area (Å²) in [7, 11) is 1.63. The Morgan fingerprint density at radius 1 is 1.50 bits per heavy atom. The number of alkyl halides is 3. The molecule has 1 aromatic heterocycles. The first-order chi connectivity index (χ1) is 9.41. The van der Waals surface area contributed by atoms with Gasteiger partial charge in [0.2, 0.25) is 0 Å². The summed E-state index contributed by atoms with van der Waals surface area (Å²) in [6.07, 6.45) is -1.44. The van der Waals surface area contributed by atoms with Crippen LogP contribution in [0.3, 0.4) is 0 Å². The van der Waals surface area contributed by atoms with Gasteiger partial charge in [-0.05, 0) is 24.8 Å². The van der Waals surface area contributed by atoms with Gasteiger partial charge in [-0.3, -0.25) is 0 Å². The minimum Gasteiger partial charge on any atom is -0.396 e. The van der Waals surface area contributed by atoms with Crippen LogP contribution in [0.5, 0.6) is 0 Å². The molecule has 2 heterocycles. The lowest BCUT2D eigenvalue weighted by molar-refractivity contribution is -0.141. The monoisotopic (exact) mass is 289 g/mol. The van der Waals surface area contributed by atoms with E-state index in [1.165, 1.54) is 0 Å². The van der Waals surface area contributed by atoms with Gasteiger partial charge in [-0.2, -0.15) is 13.2 Å². The van der Waals surface area contributed by atoms with Gasteiger partial charge in [0, 0.05) is 20.2 Å². The fourth-order valence-corrected chi connectivity index (χ4v) is 2.54. The molecule has 0 radical (unpaired) electrons. The Hall–Kier alpha value is -1.50. The van der Waals surface area contributed by atoms with Crippen molar-refractivity contribution in [2.24, 2.45) is 5.92 Å². The molecule has 1 aromatic rings. The van der Waals surface area contributed by atoms with Crippen LogP contribution in [0.15, 0.2) is 12.3 Å². The zero-order valence-electron chi connectivity index (χ0n) is 11.3. The molecule has 0 amide bonds. The molecule has 2 rings (SSSR count). The standard InChI is InChI=1S/C13H18F3N3O/c1-20-8-9-3-2-4-19(7-9)11-5-12(13(14,15)16)18-6-10(11)17/h5-6,9H,2-4,7-8,17H2,1H3. The summed E-state index contributed by atoms with van der Waals surface area (Å²) in [5, 5.41) is 0. The highest BCUT2D eigenvalue weighted by molar-refractivity contribution is 5.67. The molecule has 1 unspecified atom stereocenters. The van der Waals surface area contributed by atoms with Crippen molar-refractivity contribution in [2.75, 3.05) is 37.4 Å². The van der Waals surface area contributed by atoms with Crippen molar-refractivity contribution < 1.29 is 17.9 Å². The maximum absolute atomic E-state index is 12.7. The van der Waals surface area contributed by atoms with Crippen LogP contribution in [0.1, 0.15) is 18.5 Å². The van der Waals surface area contributed by atoms with Crippen molar-refractivity contribution in [3.05, 3.63) is 18.0 Å². The Morgan fingerprint density at radius 2 is 2.25 bits per heavy atom. The molecular weight excluding hydrogens is 271 g/mol. The van der Waals surface area contributed by atoms with Gasteiger partial charge in [-0.15, -0.1) is 0 Å². The van der Waals surface area contributed by atoms with Gasteiger partial charge in [-0.25, -0.2) is 4.98 Å². The highest BCUT2D eigenvalue weighted by Gasteiger charge is 2.34. The molecule has 20 heavy (non-hydrogen) atoms. The SMILES string of the molecule is COCC1CCCN(c2cc(C(F)(F)F)ncc2N)C1. The zero-order valence-corrected chi connectivity index (χ0v) is 11.3. The lowest BCUT2D eigenvalue weighted by Crippen LogP contribution is -2.37. The maximum Gasteiger partial charge on any atom is 0.433 e. The van der Waals surface area contributed by atoms with Crippen molar-refractivity contribution in [1.82, 2.24) is 4.98 Å². The van der Waals surface area contributed by atoms with Crippen LogP contribution in [0.4, 0.5) is 24.5 Å². The second-order valence-electron chi connectivity index (χ2n) is 5.04. The Morgan fingerprint density at radius 3 is 2.90 bits per heavy atom. The topological polar surface area (TPSA) is 51.4 Å². The van der Waals surface area contributed by atoms with E-state index in [1.54, 1.807) is 7.11 Å². The molecule has 1 atom stereocenters. The average molecular weight is 289 g/mol. The number of anilines is 2. The number of pyridine rings is 1. The molecule has 2 N–H and O–H groups in total. The van der Waals surface area contributed by atoms with E-state index in [9.17, 15) is 13.2 Å². The summed E-state index contributed by atoms with van der Waals surface area (Å²) in [6.45, 7) is 1.96. The third-order valence-corrected chi connectivity index (χ3v) is 3.46. The largest absolute Gasteiger partial charge is 0.433 e. The van der Waals surface area contributed by atoms with E-state index >= 15 is 0 Å².